The van der Waals surface area contributed by atoms with Crippen molar-refractivity contribution in [2.75, 3.05) is 5.32 Å². The summed E-state index contributed by atoms with van der Waals surface area (Å²) in [4.78, 5) is 29.8. The molecule has 10 heteroatoms. The molecular formula is C25H20N6O3S. The van der Waals surface area contributed by atoms with Gasteiger partial charge in [0, 0.05) is 28.1 Å². The van der Waals surface area contributed by atoms with E-state index in [9.17, 15) is 14.7 Å². The van der Waals surface area contributed by atoms with Crippen LogP contribution in [0.5, 0.6) is 0 Å². The van der Waals surface area contributed by atoms with E-state index in [2.05, 4.69) is 48.1 Å². The highest BCUT2D eigenvalue weighted by Gasteiger charge is 2.25. The second-order valence-corrected chi connectivity index (χ2v) is 9.07. The number of H-pyrrole nitrogens is 1. The summed E-state index contributed by atoms with van der Waals surface area (Å²) < 4.78 is 0. The Morgan fingerprint density at radius 2 is 2.06 bits per heavy atom. The van der Waals surface area contributed by atoms with E-state index in [-0.39, 0.29) is 17.0 Å². The zero-order chi connectivity index (χ0) is 24.4. The van der Waals surface area contributed by atoms with Crippen molar-refractivity contribution < 1.29 is 14.7 Å². The van der Waals surface area contributed by atoms with Crippen molar-refractivity contribution >= 4 is 28.9 Å². The molecule has 1 amide bonds. The molecule has 2 aromatic carbocycles. The van der Waals surface area contributed by atoms with Gasteiger partial charge in [-0.15, -0.1) is 21.5 Å². The topological polar surface area (TPSA) is 134 Å². The third-order valence-corrected chi connectivity index (χ3v) is 6.70. The van der Waals surface area contributed by atoms with Crippen molar-refractivity contribution in [1.82, 2.24) is 25.6 Å². The SMILES string of the molecule is Cc1ccc(C(=O)O)c(C(=O)Nc2cccc(C#Cc3nc(C4CCC4)cs3)c2)c1-c1nn[nH]n1. The van der Waals surface area contributed by atoms with Crippen molar-refractivity contribution in [2.45, 2.75) is 32.1 Å². The number of tetrazole rings is 1. The number of carbonyl (C=O) groups excluding carboxylic acids is 1. The quantitative estimate of drug-likeness (QED) is 0.361. The van der Waals surface area contributed by atoms with Gasteiger partial charge in [0.05, 0.1) is 16.8 Å². The van der Waals surface area contributed by atoms with Crippen LogP contribution in [0.15, 0.2) is 41.8 Å². The number of carbonyl (C=O) groups is 2. The number of nitrogens with one attached hydrogen (secondary N) is 2. The number of hydrogen-bond acceptors (Lipinski definition) is 7. The Labute approximate surface area is 204 Å². The number of aromatic carboxylic acids is 1. The van der Waals surface area contributed by atoms with Crippen LogP contribution in [0.25, 0.3) is 11.4 Å². The smallest absolute Gasteiger partial charge is 0.336 e. The van der Waals surface area contributed by atoms with Crippen LogP contribution in [-0.2, 0) is 0 Å². The molecule has 1 aliphatic rings. The number of aryl methyl sites for hydroxylation is 1. The van der Waals surface area contributed by atoms with Crippen LogP contribution in [0.1, 0.15) is 67.7 Å². The highest BCUT2D eigenvalue weighted by atomic mass is 32.1. The number of aromatic nitrogens is 5. The number of thiazole rings is 1. The number of aromatic amines is 1. The van der Waals surface area contributed by atoms with Gasteiger partial charge in [-0.3, -0.25) is 4.79 Å². The van der Waals surface area contributed by atoms with Gasteiger partial charge in [-0.25, -0.2) is 9.78 Å². The summed E-state index contributed by atoms with van der Waals surface area (Å²) >= 11 is 1.53. The summed E-state index contributed by atoms with van der Waals surface area (Å²) in [5.41, 5.74) is 3.05. The van der Waals surface area contributed by atoms with Crippen molar-refractivity contribution in [1.29, 1.82) is 0 Å². The fourth-order valence-corrected chi connectivity index (χ4v) is 4.65. The van der Waals surface area contributed by atoms with Crippen LogP contribution < -0.4 is 5.32 Å². The average molecular weight is 485 g/mol. The number of benzene rings is 2. The van der Waals surface area contributed by atoms with E-state index in [1.807, 2.05) is 6.07 Å². The summed E-state index contributed by atoms with van der Waals surface area (Å²) in [6.45, 7) is 1.75. The number of amides is 1. The Morgan fingerprint density at radius 3 is 2.77 bits per heavy atom. The van der Waals surface area contributed by atoms with Gasteiger partial charge in [0.1, 0.15) is 0 Å². The molecule has 1 saturated carbocycles. The largest absolute Gasteiger partial charge is 0.478 e. The maximum Gasteiger partial charge on any atom is 0.336 e. The van der Waals surface area contributed by atoms with Gasteiger partial charge >= 0.3 is 5.97 Å². The van der Waals surface area contributed by atoms with Gasteiger partial charge in [0.25, 0.3) is 5.91 Å². The van der Waals surface area contributed by atoms with Crippen molar-refractivity contribution in [3.8, 4) is 23.2 Å². The molecule has 4 aromatic rings. The number of carboxylic acid groups (broad SMARTS) is 1. The molecule has 2 aromatic heterocycles. The van der Waals surface area contributed by atoms with Crippen LogP contribution in [-0.4, -0.2) is 42.6 Å². The molecular weight excluding hydrogens is 464 g/mol. The van der Waals surface area contributed by atoms with E-state index in [0.29, 0.717) is 28.3 Å². The Bertz CT molecular complexity index is 1480. The minimum absolute atomic E-state index is 0.0401. The Kier molecular flexibility index (Phi) is 6.08. The molecule has 3 N–H and O–H groups in total. The highest BCUT2D eigenvalue weighted by Crippen LogP contribution is 2.36. The number of hydrogen-bond donors (Lipinski definition) is 3. The first kappa shape index (κ1) is 22.4. The summed E-state index contributed by atoms with van der Waals surface area (Å²) in [6.07, 6.45) is 3.64. The van der Waals surface area contributed by atoms with Crippen molar-refractivity contribution in [2.24, 2.45) is 0 Å². The first-order valence-corrected chi connectivity index (χ1v) is 11.9. The van der Waals surface area contributed by atoms with Crippen LogP contribution in [0.4, 0.5) is 5.69 Å². The molecule has 0 aliphatic heterocycles. The number of anilines is 1. The molecule has 0 spiro atoms. The maximum atomic E-state index is 13.3. The molecule has 0 atom stereocenters. The standard InChI is InChI=1S/C25H20N6O3S/c1-14-8-10-18(25(33)34)22(21(14)23-28-30-31-29-23)24(32)26-17-7-2-4-15(12-17)9-11-20-27-19(13-35-20)16-5-3-6-16/h2,4,7-8,10,12-13,16H,3,5-6H2,1H3,(H,26,32)(H,33,34)(H,28,29,30,31). The van der Waals surface area contributed by atoms with E-state index in [4.69, 9.17) is 0 Å². The molecule has 35 heavy (non-hydrogen) atoms. The Balaban J connectivity index is 1.42. The summed E-state index contributed by atoms with van der Waals surface area (Å²) in [5.74, 6) is 5.07. The monoisotopic (exact) mass is 484 g/mol. The molecule has 0 radical (unpaired) electrons. The van der Waals surface area contributed by atoms with Crippen molar-refractivity contribution in [3.63, 3.8) is 0 Å². The molecule has 1 fully saturated rings. The van der Waals surface area contributed by atoms with Gasteiger partial charge in [-0.05, 0) is 60.7 Å². The first-order valence-electron chi connectivity index (χ1n) is 11.0. The lowest BCUT2D eigenvalue weighted by Crippen LogP contribution is -2.19. The van der Waals surface area contributed by atoms with Gasteiger partial charge < -0.3 is 10.4 Å². The van der Waals surface area contributed by atoms with E-state index in [1.54, 1.807) is 31.2 Å². The first-order chi connectivity index (χ1) is 17.0. The van der Waals surface area contributed by atoms with Crippen LogP contribution >= 0.6 is 11.3 Å². The fraction of sp³-hybridized carbons (Fsp3) is 0.200. The molecule has 2 heterocycles. The minimum Gasteiger partial charge on any atom is -0.478 e. The number of nitrogens with zero attached hydrogens (tertiary/aromatic N) is 4. The van der Waals surface area contributed by atoms with Gasteiger partial charge in [-0.1, -0.05) is 24.5 Å². The molecule has 0 saturated heterocycles. The highest BCUT2D eigenvalue weighted by molar-refractivity contribution is 7.10. The molecule has 0 unspecified atom stereocenters. The van der Waals surface area contributed by atoms with Crippen LogP contribution in [0, 0.1) is 18.8 Å². The van der Waals surface area contributed by atoms with Gasteiger partial charge in [0.15, 0.2) is 5.01 Å². The van der Waals surface area contributed by atoms with Gasteiger partial charge in [-0.2, -0.15) is 5.21 Å². The van der Waals surface area contributed by atoms with Gasteiger partial charge in [0.2, 0.25) is 5.82 Å². The summed E-state index contributed by atoms with van der Waals surface area (Å²) in [5, 5.41) is 29.1. The molecule has 174 valence electrons. The normalized spacial score (nSPS) is 12.9. The zero-order valence-corrected chi connectivity index (χ0v) is 19.5. The minimum atomic E-state index is -1.23. The zero-order valence-electron chi connectivity index (χ0n) is 18.7. The lowest BCUT2D eigenvalue weighted by Gasteiger charge is -2.22. The second kappa shape index (κ2) is 9.48. The lowest BCUT2D eigenvalue weighted by molar-refractivity contribution is 0.0692. The lowest BCUT2D eigenvalue weighted by atomic mass is 9.83. The summed E-state index contributed by atoms with van der Waals surface area (Å²) in [7, 11) is 0. The van der Waals surface area contributed by atoms with E-state index in [1.165, 1.54) is 36.7 Å². The van der Waals surface area contributed by atoms with Crippen molar-refractivity contribution in [3.05, 3.63) is 74.7 Å². The summed E-state index contributed by atoms with van der Waals surface area (Å²) in [6, 6.07) is 10.1. The van der Waals surface area contributed by atoms with E-state index < -0.39 is 11.9 Å². The fourth-order valence-electron chi connectivity index (χ4n) is 3.91. The Morgan fingerprint density at radius 1 is 1.20 bits per heavy atom. The molecule has 0 bridgehead atoms. The van der Waals surface area contributed by atoms with Crippen LogP contribution in [0.3, 0.4) is 0 Å². The Hall–Kier alpha value is -4.36. The second-order valence-electron chi connectivity index (χ2n) is 8.21. The number of rotatable bonds is 5. The third kappa shape index (κ3) is 4.67. The molecule has 5 rings (SSSR count). The number of carboxylic acids is 1. The van der Waals surface area contributed by atoms with Crippen LogP contribution in [0.2, 0.25) is 0 Å². The van der Waals surface area contributed by atoms with E-state index in [0.717, 1.165) is 10.7 Å². The third-order valence-electron chi connectivity index (χ3n) is 5.92. The van der Waals surface area contributed by atoms with E-state index >= 15 is 0 Å². The maximum absolute atomic E-state index is 13.3. The predicted octanol–water partition coefficient (Wildman–Crippen LogP) is 4.25. The molecule has 9 nitrogen and oxygen atoms in total. The predicted molar refractivity (Wildman–Crippen MR) is 130 cm³/mol. The average Bonchev–Trinajstić information content (AvgIpc) is 3.49. The molecule has 1 aliphatic carbocycles.